The lowest BCUT2D eigenvalue weighted by Gasteiger charge is -2.01. The molecular weight excluding hydrogens is 266 g/mol. The van der Waals surface area contributed by atoms with Gasteiger partial charge in [-0.1, -0.05) is 6.07 Å². The summed E-state index contributed by atoms with van der Waals surface area (Å²) in [5, 5.41) is 12.6. The first-order chi connectivity index (χ1) is 10.1. The van der Waals surface area contributed by atoms with E-state index < -0.39 is 0 Å². The highest BCUT2D eigenvalue weighted by Gasteiger charge is 2.09. The second-order valence-corrected chi connectivity index (χ2v) is 5.03. The lowest BCUT2D eigenvalue weighted by atomic mass is 10.2. The molecule has 2 heterocycles. The van der Waals surface area contributed by atoms with Crippen molar-refractivity contribution in [3.05, 3.63) is 47.6 Å². The van der Waals surface area contributed by atoms with Crippen LogP contribution in [0.1, 0.15) is 17.3 Å². The molecule has 108 valence electrons. The number of nitrogens with two attached hydrogens (primary N) is 1. The molecule has 21 heavy (non-hydrogen) atoms. The van der Waals surface area contributed by atoms with Crippen LogP contribution in [0.5, 0.6) is 0 Å². The van der Waals surface area contributed by atoms with Crippen LogP contribution in [0.15, 0.2) is 34.7 Å². The minimum atomic E-state index is 0.491. The Hall–Kier alpha value is -2.63. The molecule has 0 aliphatic carbocycles. The quantitative estimate of drug-likeness (QED) is 0.743. The normalized spacial score (nSPS) is 11.0. The van der Waals surface area contributed by atoms with Gasteiger partial charge in [-0.15, -0.1) is 10.2 Å². The van der Waals surface area contributed by atoms with Crippen molar-refractivity contribution in [2.75, 3.05) is 5.73 Å². The average molecular weight is 283 g/mol. The average Bonchev–Trinajstić information content (AvgIpc) is 3.03. The number of nitrogen functional groups attached to an aromatic ring is 1. The van der Waals surface area contributed by atoms with Gasteiger partial charge in [-0.2, -0.15) is 5.10 Å². The summed E-state index contributed by atoms with van der Waals surface area (Å²) in [5.41, 5.74) is 9.40. The van der Waals surface area contributed by atoms with Gasteiger partial charge < -0.3 is 10.2 Å². The van der Waals surface area contributed by atoms with E-state index in [0.717, 1.165) is 23.5 Å². The Morgan fingerprint density at radius 1 is 1.19 bits per heavy atom. The van der Waals surface area contributed by atoms with Crippen LogP contribution in [0.4, 0.5) is 5.69 Å². The maximum Gasteiger partial charge on any atom is 0.247 e. The van der Waals surface area contributed by atoms with E-state index in [1.165, 1.54) is 0 Å². The summed E-state index contributed by atoms with van der Waals surface area (Å²) in [6.45, 7) is 4.73. The van der Waals surface area contributed by atoms with Crippen molar-refractivity contribution in [2.45, 2.75) is 26.8 Å². The molecule has 0 radical (unpaired) electrons. The van der Waals surface area contributed by atoms with Crippen molar-refractivity contribution >= 4 is 5.69 Å². The Morgan fingerprint density at radius 2 is 2.05 bits per heavy atom. The van der Waals surface area contributed by atoms with Crippen LogP contribution >= 0.6 is 0 Å². The minimum Gasteiger partial charge on any atom is -0.421 e. The van der Waals surface area contributed by atoms with Gasteiger partial charge in [0.25, 0.3) is 0 Å². The number of hydrogen-bond acceptors (Lipinski definition) is 5. The molecular formula is C15H17N5O. The van der Waals surface area contributed by atoms with E-state index in [-0.39, 0.29) is 0 Å². The van der Waals surface area contributed by atoms with Crippen LogP contribution in [0.3, 0.4) is 0 Å². The number of rotatable bonds is 4. The first-order valence-electron chi connectivity index (χ1n) is 6.81. The third-order valence-corrected chi connectivity index (χ3v) is 3.24. The number of nitrogens with zero attached hydrogens (tertiary/aromatic N) is 4. The molecule has 2 N–H and O–H groups in total. The standard InChI is InChI=1S/C15H17N5O/c1-10-8-11(2)20(19-10)7-6-14-17-18-15(21-14)12-4-3-5-13(16)9-12/h3-5,8-9H,6-7,16H2,1-2H3. The van der Waals surface area contributed by atoms with Crippen LogP contribution in [0, 0.1) is 13.8 Å². The van der Waals surface area contributed by atoms with Crippen LogP contribution in [-0.2, 0) is 13.0 Å². The highest BCUT2D eigenvalue weighted by Crippen LogP contribution is 2.20. The molecule has 6 heteroatoms. The van der Waals surface area contributed by atoms with Crippen molar-refractivity contribution in [1.82, 2.24) is 20.0 Å². The molecule has 0 fully saturated rings. The highest BCUT2D eigenvalue weighted by molar-refractivity contribution is 5.59. The van der Waals surface area contributed by atoms with Gasteiger partial charge in [-0.3, -0.25) is 4.68 Å². The van der Waals surface area contributed by atoms with Crippen molar-refractivity contribution in [2.24, 2.45) is 0 Å². The van der Waals surface area contributed by atoms with Gasteiger partial charge in [0, 0.05) is 29.9 Å². The molecule has 0 unspecified atom stereocenters. The third kappa shape index (κ3) is 2.94. The second kappa shape index (κ2) is 5.40. The molecule has 0 bridgehead atoms. The predicted octanol–water partition coefficient (Wildman–Crippen LogP) is 2.37. The number of benzene rings is 1. The molecule has 2 aromatic heterocycles. The summed E-state index contributed by atoms with van der Waals surface area (Å²) >= 11 is 0. The fraction of sp³-hybridized carbons (Fsp3) is 0.267. The van der Waals surface area contributed by atoms with E-state index in [1.807, 2.05) is 48.9 Å². The van der Waals surface area contributed by atoms with E-state index in [0.29, 0.717) is 23.9 Å². The third-order valence-electron chi connectivity index (χ3n) is 3.24. The molecule has 0 aliphatic heterocycles. The molecule has 6 nitrogen and oxygen atoms in total. The maximum absolute atomic E-state index is 5.75. The highest BCUT2D eigenvalue weighted by atomic mass is 16.4. The first kappa shape index (κ1) is 13.4. The zero-order chi connectivity index (χ0) is 14.8. The molecule has 0 aliphatic rings. The largest absolute Gasteiger partial charge is 0.421 e. The van der Waals surface area contributed by atoms with Crippen molar-refractivity contribution in [3.8, 4) is 11.5 Å². The van der Waals surface area contributed by atoms with E-state index in [4.69, 9.17) is 10.2 Å². The maximum atomic E-state index is 5.75. The molecule has 0 amide bonds. The second-order valence-electron chi connectivity index (χ2n) is 5.03. The Bertz CT molecular complexity index is 759. The monoisotopic (exact) mass is 283 g/mol. The number of hydrogen-bond donors (Lipinski definition) is 1. The predicted molar refractivity (Wildman–Crippen MR) is 79.6 cm³/mol. The van der Waals surface area contributed by atoms with Crippen molar-refractivity contribution in [1.29, 1.82) is 0 Å². The van der Waals surface area contributed by atoms with E-state index in [1.54, 1.807) is 0 Å². The topological polar surface area (TPSA) is 82.8 Å². The molecule has 0 saturated heterocycles. The van der Waals surface area contributed by atoms with Crippen molar-refractivity contribution < 1.29 is 4.42 Å². The summed E-state index contributed by atoms with van der Waals surface area (Å²) in [6, 6.07) is 9.45. The van der Waals surface area contributed by atoms with Gasteiger partial charge in [-0.05, 0) is 38.1 Å². The number of aryl methyl sites for hydroxylation is 4. The minimum absolute atomic E-state index is 0.491. The Morgan fingerprint density at radius 3 is 2.76 bits per heavy atom. The molecule has 1 aromatic carbocycles. The van der Waals surface area contributed by atoms with Crippen molar-refractivity contribution in [3.63, 3.8) is 0 Å². The summed E-state index contributed by atoms with van der Waals surface area (Å²) in [7, 11) is 0. The lowest BCUT2D eigenvalue weighted by molar-refractivity contribution is 0.471. The summed E-state index contributed by atoms with van der Waals surface area (Å²) in [4.78, 5) is 0. The van der Waals surface area contributed by atoms with E-state index >= 15 is 0 Å². The van der Waals surface area contributed by atoms with Gasteiger partial charge in [0.05, 0.1) is 5.69 Å². The molecule has 0 atom stereocenters. The molecule has 3 aromatic rings. The van der Waals surface area contributed by atoms with E-state index in [9.17, 15) is 0 Å². The van der Waals surface area contributed by atoms with Crippen LogP contribution in [0.25, 0.3) is 11.5 Å². The molecule has 0 spiro atoms. The van der Waals surface area contributed by atoms with Gasteiger partial charge in [0.15, 0.2) is 0 Å². The first-order valence-corrected chi connectivity index (χ1v) is 6.81. The molecule has 0 saturated carbocycles. The zero-order valence-electron chi connectivity index (χ0n) is 12.1. The lowest BCUT2D eigenvalue weighted by Crippen LogP contribution is -2.05. The Labute approximate surface area is 122 Å². The number of anilines is 1. The summed E-state index contributed by atoms with van der Waals surface area (Å²) in [5.74, 6) is 1.09. The van der Waals surface area contributed by atoms with Gasteiger partial charge in [-0.25, -0.2) is 0 Å². The molecule has 3 rings (SSSR count). The smallest absolute Gasteiger partial charge is 0.247 e. The van der Waals surface area contributed by atoms with Crippen LogP contribution in [-0.4, -0.2) is 20.0 Å². The van der Waals surface area contributed by atoms with E-state index in [2.05, 4.69) is 15.3 Å². The fourth-order valence-corrected chi connectivity index (χ4v) is 2.25. The Balaban J connectivity index is 1.72. The fourth-order valence-electron chi connectivity index (χ4n) is 2.25. The Kier molecular flexibility index (Phi) is 3.43. The van der Waals surface area contributed by atoms with Crippen LogP contribution < -0.4 is 5.73 Å². The number of aromatic nitrogens is 4. The SMILES string of the molecule is Cc1cc(C)n(CCc2nnc(-c3cccc(N)c3)o2)n1. The summed E-state index contributed by atoms with van der Waals surface area (Å²) < 4.78 is 7.62. The zero-order valence-corrected chi connectivity index (χ0v) is 12.1. The van der Waals surface area contributed by atoms with Gasteiger partial charge in [0.1, 0.15) is 0 Å². The van der Waals surface area contributed by atoms with Crippen LogP contribution in [0.2, 0.25) is 0 Å². The van der Waals surface area contributed by atoms with Gasteiger partial charge >= 0.3 is 0 Å². The van der Waals surface area contributed by atoms with Gasteiger partial charge in [0.2, 0.25) is 11.8 Å². The summed E-state index contributed by atoms with van der Waals surface area (Å²) in [6.07, 6.45) is 0.650.